The molecule has 140 valence electrons. The Morgan fingerprint density at radius 2 is 1.93 bits per heavy atom. The number of anilines is 2. The Bertz CT molecular complexity index is 930. The second-order valence-corrected chi connectivity index (χ2v) is 6.49. The zero-order chi connectivity index (χ0) is 18.6. The molecule has 7 nitrogen and oxygen atoms in total. The number of aryl methyl sites for hydroxylation is 1. The van der Waals surface area contributed by atoms with Gasteiger partial charge < -0.3 is 24.7 Å². The fourth-order valence-electron chi connectivity index (χ4n) is 3.12. The van der Waals surface area contributed by atoms with E-state index < -0.39 is 0 Å². The fraction of sp³-hybridized carbons (Fsp3) is 0.300. The topological polar surface area (TPSA) is 79.6 Å². The molecule has 0 unspecified atom stereocenters. The monoisotopic (exact) mass is 366 g/mol. The predicted octanol–water partition coefficient (Wildman–Crippen LogP) is 3.29. The van der Waals surface area contributed by atoms with E-state index in [4.69, 9.17) is 9.15 Å². The number of morpholine rings is 1. The van der Waals surface area contributed by atoms with Crippen molar-refractivity contribution in [2.45, 2.75) is 13.5 Å². The van der Waals surface area contributed by atoms with Crippen molar-refractivity contribution in [2.24, 2.45) is 0 Å². The molecular formula is C20H22N4O3. The van der Waals surface area contributed by atoms with E-state index >= 15 is 0 Å². The Balaban J connectivity index is 1.31. The molecule has 1 aliphatic rings. The molecule has 0 spiro atoms. The van der Waals surface area contributed by atoms with Crippen LogP contribution in [0.3, 0.4) is 0 Å². The fourth-order valence-corrected chi connectivity index (χ4v) is 3.12. The highest BCUT2D eigenvalue weighted by atomic mass is 16.5. The minimum atomic E-state index is -0.261. The maximum atomic E-state index is 12.2. The normalized spacial score (nSPS) is 14.3. The number of amides is 2. The number of ether oxygens (including phenoxy) is 1. The van der Waals surface area contributed by atoms with Crippen LogP contribution in [0.2, 0.25) is 0 Å². The molecule has 3 aromatic rings. The number of urea groups is 1. The molecule has 2 N–H and O–H groups in total. The molecule has 2 heterocycles. The molecule has 7 heteroatoms. The van der Waals surface area contributed by atoms with Gasteiger partial charge in [0.15, 0.2) is 11.5 Å². The van der Waals surface area contributed by atoms with Gasteiger partial charge in [-0.3, -0.25) is 0 Å². The van der Waals surface area contributed by atoms with Crippen LogP contribution >= 0.6 is 0 Å². The highest BCUT2D eigenvalue weighted by Gasteiger charge is 2.11. The molecular weight excluding hydrogens is 344 g/mol. The van der Waals surface area contributed by atoms with E-state index in [0.29, 0.717) is 23.7 Å². The number of nitrogens with one attached hydrogen (secondary N) is 2. The number of aromatic nitrogens is 1. The van der Waals surface area contributed by atoms with Gasteiger partial charge in [-0.15, -0.1) is 0 Å². The van der Waals surface area contributed by atoms with E-state index in [1.807, 2.05) is 18.2 Å². The summed E-state index contributed by atoms with van der Waals surface area (Å²) in [5.41, 5.74) is 4.33. The number of rotatable bonds is 4. The van der Waals surface area contributed by atoms with Gasteiger partial charge in [-0.25, -0.2) is 9.78 Å². The van der Waals surface area contributed by atoms with E-state index in [9.17, 15) is 4.79 Å². The van der Waals surface area contributed by atoms with E-state index in [-0.39, 0.29) is 6.03 Å². The second kappa shape index (κ2) is 7.67. The van der Waals surface area contributed by atoms with Crippen LogP contribution in [0.15, 0.2) is 46.9 Å². The van der Waals surface area contributed by atoms with Gasteiger partial charge >= 0.3 is 6.03 Å². The lowest BCUT2D eigenvalue weighted by Crippen LogP contribution is -2.36. The molecule has 4 rings (SSSR count). The Morgan fingerprint density at radius 1 is 1.15 bits per heavy atom. The van der Waals surface area contributed by atoms with Crippen LogP contribution in [0, 0.1) is 6.92 Å². The average molecular weight is 366 g/mol. The average Bonchev–Trinajstić information content (AvgIpc) is 3.07. The number of hydrogen-bond acceptors (Lipinski definition) is 5. The molecule has 1 fully saturated rings. The predicted molar refractivity (Wildman–Crippen MR) is 104 cm³/mol. The lowest BCUT2D eigenvalue weighted by Gasteiger charge is -2.28. The van der Waals surface area contributed by atoms with Gasteiger partial charge in [0.2, 0.25) is 0 Å². The summed E-state index contributed by atoms with van der Waals surface area (Å²) in [4.78, 5) is 18.7. The molecule has 0 radical (unpaired) electrons. The molecule has 2 amide bonds. The quantitative estimate of drug-likeness (QED) is 0.741. The van der Waals surface area contributed by atoms with Crippen LogP contribution in [0.1, 0.15) is 11.5 Å². The molecule has 1 saturated heterocycles. The van der Waals surface area contributed by atoms with E-state index in [2.05, 4.69) is 32.7 Å². The Labute approximate surface area is 157 Å². The van der Waals surface area contributed by atoms with Crippen molar-refractivity contribution >= 4 is 28.5 Å². The lowest BCUT2D eigenvalue weighted by molar-refractivity contribution is 0.122. The number of fused-ring (bicyclic) bond motifs is 1. The second-order valence-electron chi connectivity index (χ2n) is 6.49. The third kappa shape index (κ3) is 4.20. The maximum Gasteiger partial charge on any atom is 0.319 e. The lowest BCUT2D eigenvalue weighted by atomic mass is 10.2. The highest BCUT2D eigenvalue weighted by Crippen LogP contribution is 2.20. The molecule has 1 aliphatic heterocycles. The molecule has 1 aromatic heterocycles. The molecule has 0 bridgehead atoms. The standard InChI is InChI=1S/C20H22N4O3/c1-14-22-18-7-4-16(12-19(18)27-14)23-20(25)21-13-15-2-5-17(6-3-15)24-8-10-26-11-9-24/h2-7,12H,8-11,13H2,1H3,(H2,21,23,25). The Kier molecular flexibility index (Phi) is 4.93. The summed E-state index contributed by atoms with van der Waals surface area (Å²) < 4.78 is 10.9. The zero-order valence-electron chi connectivity index (χ0n) is 15.2. The first kappa shape index (κ1) is 17.4. The summed E-state index contributed by atoms with van der Waals surface area (Å²) in [7, 11) is 0. The molecule has 0 aliphatic carbocycles. The zero-order valence-corrected chi connectivity index (χ0v) is 15.2. The van der Waals surface area contributed by atoms with Gasteiger partial charge in [0.05, 0.1) is 13.2 Å². The molecule has 0 atom stereocenters. The van der Waals surface area contributed by atoms with Crippen LogP contribution in [0.4, 0.5) is 16.2 Å². The van der Waals surface area contributed by atoms with Crippen molar-refractivity contribution in [1.82, 2.24) is 10.3 Å². The largest absolute Gasteiger partial charge is 0.441 e. The van der Waals surface area contributed by atoms with Crippen molar-refractivity contribution in [2.75, 3.05) is 36.5 Å². The van der Waals surface area contributed by atoms with E-state index in [1.165, 1.54) is 5.69 Å². The third-order valence-electron chi connectivity index (χ3n) is 4.52. The van der Waals surface area contributed by atoms with Gasteiger partial charge in [-0.2, -0.15) is 0 Å². The number of oxazole rings is 1. The van der Waals surface area contributed by atoms with Gasteiger partial charge in [0, 0.05) is 44.0 Å². The molecule has 2 aromatic carbocycles. The molecule has 27 heavy (non-hydrogen) atoms. The summed E-state index contributed by atoms with van der Waals surface area (Å²) in [6, 6.07) is 13.4. The number of benzene rings is 2. The molecule has 0 saturated carbocycles. The van der Waals surface area contributed by atoms with E-state index in [1.54, 1.807) is 19.1 Å². The Hall–Kier alpha value is -3.06. The van der Waals surface area contributed by atoms with E-state index in [0.717, 1.165) is 37.4 Å². The van der Waals surface area contributed by atoms with Crippen LogP contribution in [-0.2, 0) is 11.3 Å². The van der Waals surface area contributed by atoms with Gasteiger partial charge in [0.25, 0.3) is 0 Å². The Morgan fingerprint density at radius 3 is 2.70 bits per heavy atom. The summed E-state index contributed by atoms with van der Waals surface area (Å²) in [6.45, 7) is 5.61. The van der Waals surface area contributed by atoms with Gasteiger partial charge in [-0.1, -0.05) is 12.1 Å². The van der Waals surface area contributed by atoms with Crippen molar-refractivity contribution in [3.63, 3.8) is 0 Å². The minimum Gasteiger partial charge on any atom is -0.441 e. The van der Waals surface area contributed by atoms with Crippen molar-refractivity contribution in [1.29, 1.82) is 0 Å². The number of hydrogen-bond donors (Lipinski definition) is 2. The van der Waals surface area contributed by atoms with Crippen LogP contribution in [-0.4, -0.2) is 37.3 Å². The smallest absolute Gasteiger partial charge is 0.319 e. The number of carbonyl (C=O) groups is 1. The summed E-state index contributed by atoms with van der Waals surface area (Å²) in [6.07, 6.45) is 0. The maximum absolute atomic E-state index is 12.2. The first-order valence-corrected chi connectivity index (χ1v) is 9.01. The van der Waals surface area contributed by atoms with Crippen molar-refractivity contribution in [3.05, 3.63) is 53.9 Å². The first-order chi connectivity index (χ1) is 13.2. The van der Waals surface area contributed by atoms with Gasteiger partial charge in [-0.05, 0) is 29.8 Å². The van der Waals surface area contributed by atoms with Crippen LogP contribution < -0.4 is 15.5 Å². The van der Waals surface area contributed by atoms with Crippen molar-refractivity contribution < 1.29 is 13.9 Å². The number of carbonyl (C=O) groups excluding carboxylic acids is 1. The SMILES string of the molecule is Cc1nc2ccc(NC(=O)NCc3ccc(N4CCOCC4)cc3)cc2o1. The summed E-state index contributed by atoms with van der Waals surface area (Å²) in [5, 5.41) is 5.69. The third-order valence-corrected chi connectivity index (χ3v) is 4.52. The minimum absolute atomic E-state index is 0.261. The van der Waals surface area contributed by atoms with Gasteiger partial charge in [0.1, 0.15) is 5.52 Å². The summed E-state index contributed by atoms with van der Waals surface area (Å²) >= 11 is 0. The first-order valence-electron chi connectivity index (χ1n) is 9.01. The van der Waals surface area contributed by atoms with Crippen LogP contribution in [0.5, 0.6) is 0 Å². The highest BCUT2D eigenvalue weighted by molar-refractivity contribution is 5.91. The van der Waals surface area contributed by atoms with Crippen molar-refractivity contribution in [3.8, 4) is 0 Å². The number of nitrogens with zero attached hydrogens (tertiary/aromatic N) is 2. The van der Waals surface area contributed by atoms with Crippen LogP contribution in [0.25, 0.3) is 11.1 Å². The summed E-state index contributed by atoms with van der Waals surface area (Å²) in [5.74, 6) is 0.604.